The van der Waals surface area contributed by atoms with E-state index in [0.717, 1.165) is 19.5 Å². The van der Waals surface area contributed by atoms with Gasteiger partial charge in [0.05, 0.1) is 6.10 Å². The largest absolute Gasteiger partial charge is 0.489 e. The van der Waals surface area contributed by atoms with Crippen molar-refractivity contribution < 1.29 is 14.2 Å². The highest BCUT2D eigenvalue weighted by Crippen LogP contribution is 2.15. The lowest BCUT2D eigenvalue weighted by Gasteiger charge is -2.15. The quantitative estimate of drug-likeness (QED) is 0.837. The van der Waals surface area contributed by atoms with Gasteiger partial charge < -0.3 is 9.84 Å². The number of aliphatic hydroxyl groups excluding tert-OH is 1. The molecule has 1 fully saturated rings. The minimum atomic E-state index is -0.330. The summed E-state index contributed by atoms with van der Waals surface area (Å²) in [5, 5.41) is 9.32. The number of halogens is 1. The molecule has 16 heavy (non-hydrogen) atoms. The fourth-order valence-electron chi connectivity index (χ4n) is 1.86. The van der Waals surface area contributed by atoms with Crippen LogP contribution in [0.25, 0.3) is 0 Å². The maximum absolute atomic E-state index is 13.2. The molecular formula is C12H16FNO2. The molecule has 1 aromatic rings. The summed E-state index contributed by atoms with van der Waals surface area (Å²) in [4.78, 5) is 2.12. The molecule has 0 saturated carbocycles. The van der Waals surface area contributed by atoms with E-state index in [-0.39, 0.29) is 11.9 Å². The highest BCUT2D eigenvalue weighted by molar-refractivity contribution is 5.23. The number of para-hydroxylation sites is 1. The first-order valence-corrected chi connectivity index (χ1v) is 5.53. The molecule has 1 aliphatic heterocycles. The van der Waals surface area contributed by atoms with Crippen LogP contribution in [0.4, 0.5) is 4.39 Å². The molecule has 1 N–H and O–H groups in total. The average molecular weight is 225 g/mol. The molecule has 1 saturated heterocycles. The first-order chi connectivity index (χ1) is 7.75. The van der Waals surface area contributed by atoms with Crippen LogP contribution in [0.1, 0.15) is 6.42 Å². The molecule has 88 valence electrons. The van der Waals surface area contributed by atoms with Crippen molar-refractivity contribution in [3.05, 3.63) is 30.1 Å². The maximum atomic E-state index is 13.2. The first-order valence-electron chi connectivity index (χ1n) is 5.53. The summed E-state index contributed by atoms with van der Waals surface area (Å²) in [7, 11) is 0. The van der Waals surface area contributed by atoms with Gasteiger partial charge in [-0.15, -0.1) is 0 Å². The fourth-order valence-corrected chi connectivity index (χ4v) is 1.86. The number of β-amino-alcohol motifs (C(OH)–C–C–N with tert-alkyl or cyclic N) is 1. The third kappa shape index (κ3) is 2.93. The summed E-state index contributed by atoms with van der Waals surface area (Å²) in [6.45, 7) is 2.77. The Bertz CT molecular complexity index is 346. The minimum Gasteiger partial charge on any atom is -0.489 e. The maximum Gasteiger partial charge on any atom is 0.165 e. The Labute approximate surface area is 94.4 Å². The van der Waals surface area contributed by atoms with Crippen molar-refractivity contribution >= 4 is 0 Å². The summed E-state index contributed by atoms with van der Waals surface area (Å²) in [6.07, 6.45) is 0.605. The number of aliphatic hydroxyl groups is 1. The zero-order valence-electron chi connectivity index (χ0n) is 9.10. The SMILES string of the molecule is OC1CCN(CCOc2ccccc2F)C1. The van der Waals surface area contributed by atoms with Crippen LogP contribution in [0.15, 0.2) is 24.3 Å². The van der Waals surface area contributed by atoms with E-state index >= 15 is 0 Å². The van der Waals surface area contributed by atoms with Crippen LogP contribution >= 0.6 is 0 Å². The van der Waals surface area contributed by atoms with Gasteiger partial charge in [0, 0.05) is 19.6 Å². The zero-order valence-corrected chi connectivity index (χ0v) is 9.10. The zero-order chi connectivity index (χ0) is 11.4. The third-order valence-corrected chi connectivity index (χ3v) is 2.75. The molecule has 3 nitrogen and oxygen atoms in total. The minimum absolute atomic E-state index is 0.214. The lowest BCUT2D eigenvalue weighted by atomic mass is 10.3. The molecule has 0 aliphatic carbocycles. The van der Waals surface area contributed by atoms with E-state index in [9.17, 15) is 9.50 Å². The van der Waals surface area contributed by atoms with Gasteiger partial charge in [0.25, 0.3) is 0 Å². The van der Waals surface area contributed by atoms with Crippen LogP contribution < -0.4 is 4.74 Å². The van der Waals surface area contributed by atoms with Crippen molar-refractivity contribution in [2.75, 3.05) is 26.2 Å². The van der Waals surface area contributed by atoms with Crippen LogP contribution in [-0.4, -0.2) is 42.4 Å². The monoisotopic (exact) mass is 225 g/mol. The number of hydrogen-bond donors (Lipinski definition) is 1. The van der Waals surface area contributed by atoms with Crippen molar-refractivity contribution in [1.82, 2.24) is 4.90 Å². The standard InChI is InChI=1S/C12H16FNO2/c13-11-3-1-2-4-12(11)16-8-7-14-6-5-10(15)9-14/h1-4,10,15H,5-9H2. The first kappa shape index (κ1) is 11.4. The van der Waals surface area contributed by atoms with Crippen LogP contribution in [0.5, 0.6) is 5.75 Å². The van der Waals surface area contributed by atoms with Crippen molar-refractivity contribution in [1.29, 1.82) is 0 Å². The summed E-state index contributed by atoms with van der Waals surface area (Å²) in [5.41, 5.74) is 0. The van der Waals surface area contributed by atoms with Crippen LogP contribution in [-0.2, 0) is 0 Å². The number of likely N-dealkylation sites (tertiary alicyclic amines) is 1. The van der Waals surface area contributed by atoms with E-state index < -0.39 is 0 Å². The summed E-state index contributed by atoms with van der Waals surface area (Å²) in [5.74, 6) is -0.0359. The Hall–Kier alpha value is -1.13. The second-order valence-electron chi connectivity index (χ2n) is 4.02. The molecule has 1 atom stereocenters. The number of ether oxygens (including phenoxy) is 1. The third-order valence-electron chi connectivity index (χ3n) is 2.75. The molecule has 0 amide bonds. The smallest absolute Gasteiger partial charge is 0.165 e. The molecule has 1 heterocycles. The summed E-state index contributed by atoms with van der Waals surface area (Å²) >= 11 is 0. The van der Waals surface area contributed by atoms with Crippen LogP contribution in [0.3, 0.4) is 0 Å². The Morgan fingerprint density at radius 3 is 2.94 bits per heavy atom. The molecule has 1 aromatic carbocycles. The van der Waals surface area contributed by atoms with Gasteiger partial charge in [-0.1, -0.05) is 12.1 Å². The predicted octanol–water partition coefficient (Wildman–Crippen LogP) is 1.27. The predicted molar refractivity (Wildman–Crippen MR) is 59.0 cm³/mol. The van der Waals surface area contributed by atoms with Crippen LogP contribution in [0, 0.1) is 5.82 Å². The van der Waals surface area contributed by atoms with Gasteiger partial charge in [0.2, 0.25) is 0 Å². The molecule has 0 radical (unpaired) electrons. The van der Waals surface area contributed by atoms with E-state index in [4.69, 9.17) is 4.74 Å². The molecule has 1 aliphatic rings. The Kier molecular flexibility index (Phi) is 3.74. The Morgan fingerprint density at radius 2 is 2.25 bits per heavy atom. The highest BCUT2D eigenvalue weighted by Gasteiger charge is 2.19. The Balaban J connectivity index is 1.74. The number of benzene rings is 1. The topological polar surface area (TPSA) is 32.7 Å². The van der Waals surface area contributed by atoms with Crippen LogP contribution in [0.2, 0.25) is 0 Å². The van der Waals surface area contributed by atoms with Crippen molar-refractivity contribution in [2.45, 2.75) is 12.5 Å². The van der Waals surface area contributed by atoms with Gasteiger partial charge in [0.15, 0.2) is 11.6 Å². The van der Waals surface area contributed by atoms with Gasteiger partial charge in [-0.3, -0.25) is 4.90 Å². The van der Waals surface area contributed by atoms with Gasteiger partial charge in [-0.05, 0) is 18.6 Å². The Morgan fingerprint density at radius 1 is 1.44 bits per heavy atom. The normalized spacial score (nSPS) is 21.2. The molecule has 0 aromatic heterocycles. The van der Waals surface area contributed by atoms with E-state index in [0.29, 0.717) is 18.9 Å². The van der Waals surface area contributed by atoms with E-state index in [1.165, 1.54) is 6.07 Å². The lowest BCUT2D eigenvalue weighted by molar-refractivity contribution is 0.166. The van der Waals surface area contributed by atoms with Gasteiger partial charge >= 0.3 is 0 Å². The second-order valence-corrected chi connectivity index (χ2v) is 4.02. The van der Waals surface area contributed by atoms with Gasteiger partial charge in [0.1, 0.15) is 6.61 Å². The number of rotatable bonds is 4. The molecule has 0 spiro atoms. The van der Waals surface area contributed by atoms with Gasteiger partial charge in [-0.25, -0.2) is 4.39 Å². The highest BCUT2D eigenvalue weighted by atomic mass is 19.1. The van der Waals surface area contributed by atoms with Gasteiger partial charge in [-0.2, -0.15) is 0 Å². The van der Waals surface area contributed by atoms with E-state index in [2.05, 4.69) is 4.90 Å². The molecule has 2 rings (SSSR count). The average Bonchev–Trinajstić information content (AvgIpc) is 2.67. The van der Waals surface area contributed by atoms with Crippen molar-refractivity contribution in [3.8, 4) is 5.75 Å². The van der Waals surface area contributed by atoms with E-state index in [1.807, 2.05) is 0 Å². The second kappa shape index (κ2) is 5.27. The number of nitrogens with zero attached hydrogens (tertiary/aromatic N) is 1. The molecule has 1 unspecified atom stereocenters. The molecular weight excluding hydrogens is 209 g/mol. The lowest BCUT2D eigenvalue weighted by Crippen LogP contribution is -2.27. The van der Waals surface area contributed by atoms with Crippen molar-refractivity contribution in [2.24, 2.45) is 0 Å². The molecule has 0 bridgehead atoms. The summed E-state index contributed by atoms with van der Waals surface area (Å²) < 4.78 is 18.5. The van der Waals surface area contributed by atoms with Crippen molar-refractivity contribution in [3.63, 3.8) is 0 Å². The molecule has 4 heteroatoms. The summed E-state index contributed by atoms with van der Waals surface area (Å²) in [6, 6.07) is 6.39. The van der Waals surface area contributed by atoms with E-state index in [1.54, 1.807) is 18.2 Å². The number of hydrogen-bond acceptors (Lipinski definition) is 3. The fraction of sp³-hybridized carbons (Fsp3) is 0.500.